The van der Waals surface area contributed by atoms with Gasteiger partial charge in [0.05, 0.1) is 7.11 Å². The van der Waals surface area contributed by atoms with Crippen LogP contribution in [0.4, 0.5) is 0 Å². The molecule has 1 atom stereocenters. The smallest absolute Gasteiger partial charge is 0.122 e. The molecule has 0 saturated heterocycles. The van der Waals surface area contributed by atoms with Gasteiger partial charge in [0, 0.05) is 5.56 Å². The van der Waals surface area contributed by atoms with Crippen molar-refractivity contribution in [3.05, 3.63) is 70.3 Å². The van der Waals surface area contributed by atoms with Crippen LogP contribution in [-0.4, -0.2) is 12.2 Å². The van der Waals surface area contributed by atoms with Crippen molar-refractivity contribution in [3.63, 3.8) is 0 Å². The van der Waals surface area contributed by atoms with Crippen molar-refractivity contribution in [2.45, 2.75) is 32.8 Å². The Kier molecular flexibility index (Phi) is 3.79. The van der Waals surface area contributed by atoms with Crippen LogP contribution < -0.4 is 4.74 Å². The minimum Gasteiger partial charge on any atom is -0.496 e. The standard InChI is InChI=1S/C20H22O2/c1-12(2)17-16(22-4)11-10-15-19(17)18(13(3)20(15)21)14-8-6-5-7-9-14/h5-12,20-21H,1-4H3. The summed E-state index contributed by atoms with van der Waals surface area (Å²) in [4.78, 5) is 0. The van der Waals surface area contributed by atoms with E-state index < -0.39 is 6.10 Å². The summed E-state index contributed by atoms with van der Waals surface area (Å²) in [6.45, 7) is 6.35. The Morgan fingerprint density at radius 3 is 2.32 bits per heavy atom. The Morgan fingerprint density at radius 1 is 1.05 bits per heavy atom. The lowest BCUT2D eigenvalue weighted by molar-refractivity contribution is 0.219. The highest BCUT2D eigenvalue weighted by Gasteiger charge is 2.32. The molecule has 3 rings (SSSR count). The number of hydrogen-bond acceptors (Lipinski definition) is 2. The van der Waals surface area contributed by atoms with Gasteiger partial charge in [-0.2, -0.15) is 0 Å². The Labute approximate surface area is 132 Å². The summed E-state index contributed by atoms with van der Waals surface area (Å²) in [5, 5.41) is 10.7. The number of rotatable bonds is 3. The van der Waals surface area contributed by atoms with E-state index >= 15 is 0 Å². The molecule has 0 fully saturated rings. The van der Waals surface area contributed by atoms with Crippen LogP contribution in [0.2, 0.25) is 0 Å². The van der Waals surface area contributed by atoms with E-state index in [2.05, 4.69) is 26.0 Å². The molecule has 0 aromatic heterocycles. The maximum atomic E-state index is 10.7. The molecule has 0 spiro atoms. The lowest BCUT2D eigenvalue weighted by Gasteiger charge is -2.19. The monoisotopic (exact) mass is 294 g/mol. The van der Waals surface area contributed by atoms with Crippen LogP contribution in [0.15, 0.2) is 48.0 Å². The van der Waals surface area contributed by atoms with Gasteiger partial charge in [-0.25, -0.2) is 0 Å². The fraction of sp³-hybridized carbons (Fsp3) is 0.300. The highest BCUT2D eigenvalue weighted by atomic mass is 16.5. The molecule has 1 aliphatic carbocycles. The van der Waals surface area contributed by atoms with Gasteiger partial charge >= 0.3 is 0 Å². The normalized spacial score (nSPS) is 17.1. The number of fused-ring (bicyclic) bond motifs is 1. The highest BCUT2D eigenvalue weighted by Crippen LogP contribution is 2.48. The lowest BCUT2D eigenvalue weighted by atomic mass is 9.88. The molecule has 1 aliphatic rings. The Hall–Kier alpha value is -2.06. The van der Waals surface area contributed by atoms with Gasteiger partial charge in [0.15, 0.2) is 0 Å². The first-order valence-corrected chi connectivity index (χ1v) is 7.71. The number of benzene rings is 2. The second-order valence-corrected chi connectivity index (χ2v) is 6.13. The molecular formula is C20H22O2. The van der Waals surface area contributed by atoms with Crippen molar-refractivity contribution in [1.29, 1.82) is 0 Å². The zero-order chi connectivity index (χ0) is 15.9. The Balaban J connectivity index is 2.33. The molecular weight excluding hydrogens is 272 g/mol. The van der Waals surface area contributed by atoms with Gasteiger partial charge in [0.25, 0.3) is 0 Å². The average Bonchev–Trinajstić information content (AvgIpc) is 2.78. The summed E-state index contributed by atoms with van der Waals surface area (Å²) in [6, 6.07) is 14.3. The second-order valence-electron chi connectivity index (χ2n) is 6.13. The van der Waals surface area contributed by atoms with E-state index in [9.17, 15) is 5.11 Å². The van der Waals surface area contributed by atoms with Crippen molar-refractivity contribution in [1.82, 2.24) is 0 Å². The molecule has 114 valence electrons. The zero-order valence-electron chi connectivity index (χ0n) is 13.6. The molecule has 1 N–H and O–H groups in total. The van der Waals surface area contributed by atoms with Gasteiger partial charge in [0.1, 0.15) is 11.9 Å². The SMILES string of the molecule is COc1ccc2c(c1C(C)C)C(c1ccccc1)=C(C)C2O. The molecule has 0 heterocycles. The second kappa shape index (κ2) is 5.62. The molecule has 2 aromatic carbocycles. The summed E-state index contributed by atoms with van der Waals surface area (Å²) in [6.07, 6.45) is -0.534. The quantitative estimate of drug-likeness (QED) is 0.890. The summed E-state index contributed by atoms with van der Waals surface area (Å²) in [7, 11) is 1.71. The van der Waals surface area contributed by atoms with Gasteiger partial charge in [-0.15, -0.1) is 0 Å². The van der Waals surface area contributed by atoms with Crippen LogP contribution in [0.5, 0.6) is 5.75 Å². The molecule has 2 aromatic rings. The molecule has 22 heavy (non-hydrogen) atoms. The number of ether oxygens (including phenoxy) is 1. The van der Waals surface area contributed by atoms with Crippen LogP contribution in [0.1, 0.15) is 55.0 Å². The molecule has 0 radical (unpaired) electrons. The third-order valence-corrected chi connectivity index (χ3v) is 4.45. The number of hydrogen-bond donors (Lipinski definition) is 1. The highest BCUT2D eigenvalue weighted by molar-refractivity contribution is 5.90. The minimum atomic E-state index is -0.534. The van der Waals surface area contributed by atoms with Crippen LogP contribution in [0, 0.1) is 0 Å². The van der Waals surface area contributed by atoms with Gasteiger partial charge in [0.2, 0.25) is 0 Å². The van der Waals surface area contributed by atoms with E-state index in [0.717, 1.165) is 33.6 Å². The largest absolute Gasteiger partial charge is 0.496 e. The third kappa shape index (κ3) is 2.15. The topological polar surface area (TPSA) is 29.5 Å². The predicted octanol–water partition coefficient (Wildman–Crippen LogP) is 4.69. The van der Waals surface area contributed by atoms with Crippen LogP contribution in [-0.2, 0) is 0 Å². The summed E-state index contributed by atoms with van der Waals surface area (Å²) < 4.78 is 5.58. The zero-order valence-corrected chi connectivity index (χ0v) is 13.6. The minimum absolute atomic E-state index is 0.321. The van der Waals surface area contributed by atoms with E-state index in [-0.39, 0.29) is 0 Å². The van der Waals surface area contributed by atoms with Crippen LogP contribution >= 0.6 is 0 Å². The van der Waals surface area contributed by atoms with E-state index in [1.807, 2.05) is 37.3 Å². The van der Waals surface area contributed by atoms with Crippen LogP contribution in [0.25, 0.3) is 5.57 Å². The van der Waals surface area contributed by atoms with Crippen molar-refractivity contribution >= 4 is 5.57 Å². The summed E-state index contributed by atoms with van der Waals surface area (Å²) in [5.74, 6) is 1.21. The molecule has 2 heteroatoms. The number of methoxy groups -OCH3 is 1. The predicted molar refractivity (Wildman–Crippen MR) is 90.2 cm³/mol. The van der Waals surface area contributed by atoms with Crippen molar-refractivity contribution in [2.24, 2.45) is 0 Å². The van der Waals surface area contributed by atoms with Crippen molar-refractivity contribution in [2.75, 3.05) is 7.11 Å². The Bertz CT molecular complexity index is 727. The molecule has 0 aliphatic heterocycles. The fourth-order valence-electron chi connectivity index (χ4n) is 3.42. The maximum absolute atomic E-state index is 10.7. The fourth-order valence-corrected chi connectivity index (χ4v) is 3.42. The molecule has 1 unspecified atom stereocenters. The first kappa shape index (κ1) is 14.9. The summed E-state index contributed by atoms with van der Waals surface area (Å²) >= 11 is 0. The molecule has 0 amide bonds. The van der Waals surface area contributed by atoms with Crippen LogP contribution in [0.3, 0.4) is 0 Å². The average molecular weight is 294 g/mol. The maximum Gasteiger partial charge on any atom is 0.122 e. The van der Waals surface area contributed by atoms with Gasteiger partial charge in [-0.3, -0.25) is 0 Å². The first-order chi connectivity index (χ1) is 10.6. The van der Waals surface area contributed by atoms with E-state index in [1.165, 1.54) is 5.56 Å². The van der Waals surface area contributed by atoms with Gasteiger partial charge < -0.3 is 9.84 Å². The van der Waals surface area contributed by atoms with E-state index in [0.29, 0.717) is 5.92 Å². The summed E-state index contributed by atoms with van der Waals surface area (Å²) in [5.41, 5.74) is 6.61. The van der Waals surface area contributed by atoms with Crippen molar-refractivity contribution < 1.29 is 9.84 Å². The number of aliphatic hydroxyl groups excluding tert-OH is 1. The van der Waals surface area contributed by atoms with E-state index in [1.54, 1.807) is 7.11 Å². The molecule has 0 saturated carbocycles. The van der Waals surface area contributed by atoms with Gasteiger partial charge in [-0.1, -0.05) is 50.2 Å². The third-order valence-electron chi connectivity index (χ3n) is 4.45. The lowest BCUT2D eigenvalue weighted by Crippen LogP contribution is -2.02. The van der Waals surface area contributed by atoms with E-state index in [4.69, 9.17) is 4.74 Å². The van der Waals surface area contributed by atoms with Gasteiger partial charge in [-0.05, 0) is 46.7 Å². The Morgan fingerprint density at radius 2 is 1.73 bits per heavy atom. The number of aliphatic hydroxyl groups is 1. The molecule has 2 nitrogen and oxygen atoms in total. The molecule has 0 bridgehead atoms. The van der Waals surface area contributed by atoms with Crippen molar-refractivity contribution in [3.8, 4) is 5.75 Å². The first-order valence-electron chi connectivity index (χ1n) is 7.71.